The highest BCUT2D eigenvalue weighted by atomic mass is 32.2. The van der Waals surface area contributed by atoms with E-state index >= 15 is 0 Å². The van der Waals surface area contributed by atoms with E-state index in [2.05, 4.69) is 16.3 Å². The lowest BCUT2D eigenvalue weighted by Gasteiger charge is -2.06. The summed E-state index contributed by atoms with van der Waals surface area (Å²) < 4.78 is 9.41. The molecule has 0 unspecified atom stereocenters. The summed E-state index contributed by atoms with van der Waals surface area (Å²) in [4.78, 5) is 16.9. The first-order chi connectivity index (χ1) is 7.63. The molecule has 0 saturated carbocycles. The van der Waals surface area contributed by atoms with Gasteiger partial charge in [-0.15, -0.1) is 0 Å². The van der Waals surface area contributed by atoms with E-state index in [1.165, 1.54) is 16.4 Å². The molecule has 1 aromatic rings. The molecule has 1 aromatic heterocycles. The largest absolute Gasteiger partial charge is 0.469 e. The number of rotatable bonds is 5. The third-order valence-electron chi connectivity index (χ3n) is 1.66. The fraction of sp³-hybridized carbons (Fsp3) is 0.667. The molecule has 0 N–H and O–H groups in total. The van der Waals surface area contributed by atoms with Crippen LogP contribution in [0.3, 0.4) is 0 Å². The second-order valence-corrected chi connectivity index (χ2v) is 4.94. The quantitative estimate of drug-likeness (QED) is 0.602. The van der Waals surface area contributed by atoms with Crippen molar-refractivity contribution < 1.29 is 9.53 Å². The van der Waals surface area contributed by atoms with E-state index in [1.54, 1.807) is 14.1 Å². The molecule has 16 heavy (non-hydrogen) atoms. The Morgan fingerprint density at radius 1 is 1.56 bits per heavy atom. The molecule has 7 heteroatoms. The van der Waals surface area contributed by atoms with Gasteiger partial charge in [0.1, 0.15) is 0 Å². The number of carbonyl (C=O) groups is 1. The molecular weight excluding hydrogens is 246 g/mol. The number of hydrogen-bond acceptors (Lipinski definition) is 6. The number of amides is 1. The Morgan fingerprint density at radius 2 is 2.31 bits per heavy atom. The summed E-state index contributed by atoms with van der Waals surface area (Å²) in [6.07, 6.45) is 2.08. The zero-order valence-corrected chi connectivity index (χ0v) is 11.2. The maximum atomic E-state index is 11.4. The molecule has 5 nitrogen and oxygen atoms in total. The van der Waals surface area contributed by atoms with Gasteiger partial charge in [-0.1, -0.05) is 13.3 Å². The predicted molar refractivity (Wildman–Crippen MR) is 65.3 cm³/mol. The van der Waals surface area contributed by atoms with Crippen molar-refractivity contribution >= 4 is 28.5 Å². The molecule has 0 aromatic carbocycles. The maximum Gasteiger partial charge on any atom is 0.293 e. The summed E-state index contributed by atoms with van der Waals surface area (Å²) >= 11 is 2.19. The van der Waals surface area contributed by atoms with Gasteiger partial charge in [0.25, 0.3) is 10.4 Å². The summed E-state index contributed by atoms with van der Waals surface area (Å²) in [5.41, 5.74) is 0. The number of thioether (sulfide) groups is 1. The van der Waals surface area contributed by atoms with Gasteiger partial charge in [-0.05, 0) is 6.42 Å². The maximum absolute atomic E-state index is 11.4. The van der Waals surface area contributed by atoms with Gasteiger partial charge in [0.2, 0.25) is 5.16 Å². The number of aromatic nitrogens is 2. The highest BCUT2D eigenvalue weighted by Crippen LogP contribution is 2.23. The zero-order chi connectivity index (χ0) is 12.0. The average molecular weight is 261 g/mol. The van der Waals surface area contributed by atoms with E-state index in [-0.39, 0.29) is 5.24 Å². The lowest BCUT2D eigenvalue weighted by Crippen LogP contribution is -2.16. The normalized spacial score (nSPS) is 10.2. The predicted octanol–water partition coefficient (Wildman–Crippen LogP) is 2.49. The van der Waals surface area contributed by atoms with Crippen molar-refractivity contribution in [2.45, 2.75) is 24.9 Å². The van der Waals surface area contributed by atoms with Crippen molar-refractivity contribution in [3.8, 4) is 5.19 Å². The third-order valence-corrected chi connectivity index (χ3v) is 3.31. The first-order valence-corrected chi connectivity index (χ1v) is 6.58. The van der Waals surface area contributed by atoms with Gasteiger partial charge in [0, 0.05) is 37.4 Å². The van der Waals surface area contributed by atoms with Crippen LogP contribution < -0.4 is 4.74 Å². The van der Waals surface area contributed by atoms with Crippen LogP contribution in [0.1, 0.15) is 19.8 Å². The van der Waals surface area contributed by atoms with E-state index in [9.17, 15) is 4.79 Å². The Labute approximate surface area is 103 Å². The van der Waals surface area contributed by atoms with Crippen LogP contribution in [0.15, 0.2) is 5.16 Å². The van der Waals surface area contributed by atoms with Gasteiger partial charge < -0.3 is 9.64 Å². The van der Waals surface area contributed by atoms with Crippen LogP contribution in [-0.2, 0) is 0 Å². The number of ether oxygens (including phenoxy) is 1. The molecule has 0 spiro atoms. The topological polar surface area (TPSA) is 55.3 Å². The second kappa shape index (κ2) is 6.70. The molecule has 0 aliphatic heterocycles. The zero-order valence-electron chi connectivity index (χ0n) is 9.60. The van der Waals surface area contributed by atoms with Crippen molar-refractivity contribution in [1.82, 2.24) is 14.3 Å². The van der Waals surface area contributed by atoms with Gasteiger partial charge in [-0.25, -0.2) is 0 Å². The van der Waals surface area contributed by atoms with Gasteiger partial charge in [-0.3, -0.25) is 4.79 Å². The number of hydrogen-bond donors (Lipinski definition) is 0. The van der Waals surface area contributed by atoms with Crippen LogP contribution in [0.2, 0.25) is 0 Å². The van der Waals surface area contributed by atoms with Crippen molar-refractivity contribution in [2.75, 3.05) is 20.7 Å². The number of carbonyl (C=O) groups excluding carboxylic acids is 1. The van der Waals surface area contributed by atoms with Crippen molar-refractivity contribution in [1.29, 1.82) is 0 Å². The molecule has 0 aliphatic carbocycles. The van der Waals surface area contributed by atoms with Gasteiger partial charge in [-0.2, -0.15) is 9.36 Å². The van der Waals surface area contributed by atoms with Crippen LogP contribution in [0.5, 0.6) is 5.19 Å². The van der Waals surface area contributed by atoms with Gasteiger partial charge in [0.05, 0.1) is 6.61 Å². The Kier molecular flexibility index (Phi) is 5.54. The van der Waals surface area contributed by atoms with Crippen LogP contribution in [-0.4, -0.2) is 40.2 Å². The monoisotopic (exact) mass is 261 g/mol. The molecular formula is C9H15N3O2S2. The molecule has 90 valence electrons. The standard InChI is InChI=1S/C9H15N3O2S2/c1-4-5-6-14-8-10-7(11-16-8)15-9(13)12(2)3/h4-6H2,1-3H3. The lowest BCUT2D eigenvalue weighted by molar-refractivity contribution is 0.241. The number of unbranched alkanes of at least 4 members (excludes halogenated alkanes) is 1. The Hall–Kier alpha value is -0.820. The molecule has 0 radical (unpaired) electrons. The average Bonchev–Trinajstić information content (AvgIpc) is 2.66. The van der Waals surface area contributed by atoms with E-state index in [1.807, 2.05) is 0 Å². The first kappa shape index (κ1) is 13.2. The Morgan fingerprint density at radius 3 is 2.94 bits per heavy atom. The molecule has 1 rings (SSSR count). The molecule has 0 atom stereocenters. The molecule has 0 saturated heterocycles. The van der Waals surface area contributed by atoms with Crippen molar-refractivity contribution in [2.24, 2.45) is 0 Å². The first-order valence-electron chi connectivity index (χ1n) is 4.99. The SMILES string of the molecule is CCCCOc1nc(SC(=O)N(C)C)ns1. The second-order valence-electron chi connectivity index (χ2n) is 3.31. The third kappa shape index (κ3) is 4.36. The van der Waals surface area contributed by atoms with Crippen LogP contribution in [0.25, 0.3) is 0 Å². The molecule has 0 bridgehead atoms. The van der Waals surface area contributed by atoms with Gasteiger partial charge in [0.15, 0.2) is 0 Å². The molecule has 1 amide bonds. The minimum Gasteiger partial charge on any atom is -0.469 e. The van der Waals surface area contributed by atoms with Crippen LogP contribution >= 0.6 is 23.3 Å². The van der Waals surface area contributed by atoms with E-state index in [4.69, 9.17) is 4.74 Å². The summed E-state index contributed by atoms with van der Waals surface area (Å²) in [6, 6.07) is 0. The molecule has 0 fully saturated rings. The fourth-order valence-electron chi connectivity index (χ4n) is 0.770. The highest BCUT2D eigenvalue weighted by Gasteiger charge is 2.12. The minimum absolute atomic E-state index is 0.0853. The smallest absolute Gasteiger partial charge is 0.293 e. The number of nitrogens with zero attached hydrogens (tertiary/aromatic N) is 3. The van der Waals surface area contributed by atoms with E-state index in [0.29, 0.717) is 17.0 Å². The molecule has 0 aliphatic rings. The van der Waals surface area contributed by atoms with Crippen molar-refractivity contribution in [3.05, 3.63) is 0 Å². The van der Waals surface area contributed by atoms with Crippen LogP contribution in [0.4, 0.5) is 4.79 Å². The van der Waals surface area contributed by atoms with Gasteiger partial charge >= 0.3 is 0 Å². The van der Waals surface area contributed by atoms with E-state index in [0.717, 1.165) is 24.6 Å². The summed E-state index contributed by atoms with van der Waals surface area (Å²) in [7, 11) is 3.39. The Balaban J connectivity index is 2.42. The Bertz CT molecular complexity index is 341. The van der Waals surface area contributed by atoms with Crippen molar-refractivity contribution in [3.63, 3.8) is 0 Å². The minimum atomic E-state index is -0.0853. The fourth-order valence-corrected chi connectivity index (χ4v) is 2.02. The summed E-state index contributed by atoms with van der Waals surface area (Å²) in [5, 5.41) is 0.899. The molecule has 1 heterocycles. The lowest BCUT2D eigenvalue weighted by atomic mass is 10.4. The summed E-state index contributed by atoms with van der Waals surface area (Å²) in [5.74, 6) is 0. The summed E-state index contributed by atoms with van der Waals surface area (Å²) in [6.45, 7) is 2.75. The van der Waals surface area contributed by atoms with E-state index < -0.39 is 0 Å². The highest BCUT2D eigenvalue weighted by molar-refractivity contribution is 8.13. The van der Waals surface area contributed by atoms with Crippen LogP contribution in [0, 0.1) is 0 Å².